The van der Waals surface area contributed by atoms with Gasteiger partial charge in [0, 0.05) is 30.1 Å². The number of imidazole rings is 2. The molecule has 0 saturated heterocycles. The summed E-state index contributed by atoms with van der Waals surface area (Å²) in [6.45, 7) is 6.04. The summed E-state index contributed by atoms with van der Waals surface area (Å²) in [5.74, 6) is 0.657. The molecule has 3 N–H and O–H groups in total. The van der Waals surface area contributed by atoms with Crippen molar-refractivity contribution in [2.75, 3.05) is 5.32 Å². The van der Waals surface area contributed by atoms with E-state index < -0.39 is 0 Å². The summed E-state index contributed by atoms with van der Waals surface area (Å²) in [6, 6.07) is 8.19. The molecule has 5 heterocycles. The van der Waals surface area contributed by atoms with Crippen LogP contribution in [0.15, 0.2) is 55.4 Å². The fourth-order valence-corrected chi connectivity index (χ4v) is 4.60. The molecule has 0 spiro atoms. The molecule has 6 rings (SSSR count). The second-order valence-electron chi connectivity index (χ2n) is 9.33. The van der Waals surface area contributed by atoms with E-state index in [0.29, 0.717) is 17.9 Å². The van der Waals surface area contributed by atoms with E-state index in [1.54, 1.807) is 24.9 Å². The Balaban J connectivity index is 1.42. The first-order chi connectivity index (χ1) is 18.5. The maximum Gasteiger partial charge on any atom is 0.224 e. The summed E-state index contributed by atoms with van der Waals surface area (Å²) in [7, 11) is 0. The Morgan fingerprint density at radius 1 is 1.05 bits per heavy atom. The van der Waals surface area contributed by atoms with E-state index in [-0.39, 0.29) is 5.91 Å². The van der Waals surface area contributed by atoms with E-state index in [0.717, 1.165) is 68.7 Å². The minimum atomic E-state index is 0.0157. The number of nitrogens with zero attached hydrogens (tertiary/aromatic N) is 6. The zero-order valence-electron chi connectivity index (χ0n) is 21.4. The lowest BCUT2D eigenvalue weighted by Gasteiger charge is -2.10. The summed E-state index contributed by atoms with van der Waals surface area (Å²) < 4.78 is 1.91. The Morgan fingerprint density at radius 3 is 2.74 bits per heavy atom. The number of aryl methyl sites for hydroxylation is 2. The lowest BCUT2D eigenvalue weighted by molar-refractivity contribution is -0.116. The number of fused-ring (bicyclic) bond motifs is 2. The van der Waals surface area contributed by atoms with Crippen molar-refractivity contribution >= 4 is 33.7 Å². The standard InChI is InChI=1S/C28H27N9O/c1-4-6-24(38)32-20-8-17(5-2)7-18(9-20)19-10-21-25(35-36-27(21)30-11-19)28-33-22-12-29-13-23(26(22)34-28)37-14-16(3)31-15-37/h7-15H,4-6H2,1-3H3,(H,32,38)(H,33,34)(H,30,35,36). The summed E-state index contributed by atoms with van der Waals surface area (Å²) >= 11 is 0. The van der Waals surface area contributed by atoms with Gasteiger partial charge in [-0.2, -0.15) is 5.10 Å². The van der Waals surface area contributed by atoms with Crippen LogP contribution in [0.1, 0.15) is 37.9 Å². The molecule has 0 radical (unpaired) electrons. The SMILES string of the molecule is CCCC(=O)Nc1cc(CC)cc(-c2cnc3n[nH]c(-c4nc5c(-n6cnc(C)c6)cncc5[nH]4)c3c2)c1. The molecule has 0 aliphatic heterocycles. The molecule has 0 aliphatic carbocycles. The fourth-order valence-electron chi connectivity index (χ4n) is 4.60. The van der Waals surface area contributed by atoms with E-state index in [1.165, 1.54) is 0 Å². The Morgan fingerprint density at radius 2 is 1.95 bits per heavy atom. The van der Waals surface area contributed by atoms with Gasteiger partial charge in [0.25, 0.3) is 0 Å². The molecule has 0 aliphatic rings. The minimum Gasteiger partial charge on any atom is -0.335 e. The van der Waals surface area contributed by atoms with Crippen molar-refractivity contribution < 1.29 is 4.79 Å². The Labute approximate surface area is 218 Å². The third kappa shape index (κ3) is 4.30. The maximum atomic E-state index is 12.2. The summed E-state index contributed by atoms with van der Waals surface area (Å²) in [6.07, 6.45) is 11.2. The summed E-state index contributed by atoms with van der Waals surface area (Å²) in [5, 5.41) is 11.4. The third-order valence-corrected chi connectivity index (χ3v) is 6.51. The second-order valence-corrected chi connectivity index (χ2v) is 9.33. The molecule has 0 atom stereocenters. The van der Waals surface area contributed by atoms with Crippen molar-refractivity contribution in [3.05, 3.63) is 66.6 Å². The van der Waals surface area contributed by atoms with Gasteiger partial charge in [-0.25, -0.2) is 15.0 Å². The van der Waals surface area contributed by atoms with Crippen LogP contribution < -0.4 is 5.32 Å². The smallest absolute Gasteiger partial charge is 0.224 e. The van der Waals surface area contributed by atoms with Crippen LogP contribution in [-0.2, 0) is 11.2 Å². The number of rotatable bonds is 7. The van der Waals surface area contributed by atoms with Gasteiger partial charge >= 0.3 is 0 Å². The molecule has 1 aromatic carbocycles. The van der Waals surface area contributed by atoms with Crippen molar-refractivity contribution in [1.29, 1.82) is 0 Å². The number of H-pyrrole nitrogens is 2. The van der Waals surface area contributed by atoms with Crippen LogP contribution in [0.25, 0.3) is 50.4 Å². The van der Waals surface area contributed by atoms with E-state index in [4.69, 9.17) is 4.98 Å². The molecule has 0 unspecified atom stereocenters. The minimum absolute atomic E-state index is 0.0157. The molecule has 190 valence electrons. The summed E-state index contributed by atoms with van der Waals surface area (Å²) in [5.41, 5.74) is 8.49. The number of amides is 1. The van der Waals surface area contributed by atoms with Gasteiger partial charge in [0.15, 0.2) is 11.5 Å². The largest absolute Gasteiger partial charge is 0.335 e. The Hall–Kier alpha value is -4.86. The third-order valence-electron chi connectivity index (χ3n) is 6.51. The van der Waals surface area contributed by atoms with E-state index in [2.05, 4.69) is 54.5 Å². The van der Waals surface area contributed by atoms with Crippen LogP contribution in [0.4, 0.5) is 5.69 Å². The van der Waals surface area contributed by atoms with Gasteiger partial charge in [-0.1, -0.05) is 19.9 Å². The quantitative estimate of drug-likeness (QED) is 0.268. The van der Waals surface area contributed by atoms with Gasteiger partial charge in [0.2, 0.25) is 5.91 Å². The Bertz CT molecular complexity index is 1790. The highest BCUT2D eigenvalue weighted by molar-refractivity contribution is 5.95. The number of carbonyl (C=O) groups excluding carboxylic acids is 1. The highest BCUT2D eigenvalue weighted by atomic mass is 16.1. The topological polar surface area (TPSA) is 130 Å². The molecule has 0 saturated carbocycles. The molecule has 5 aromatic heterocycles. The first-order valence-electron chi connectivity index (χ1n) is 12.7. The van der Waals surface area contributed by atoms with Crippen molar-refractivity contribution in [1.82, 2.24) is 39.7 Å². The van der Waals surface area contributed by atoms with Gasteiger partial charge in [-0.15, -0.1) is 0 Å². The Kier molecular flexibility index (Phi) is 5.91. The molecular formula is C28H27N9O. The number of carbonyl (C=O) groups is 1. The van der Waals surface area contributed by atoms with Crippen molar-refractivity contribution in [2.45, 2.75) is 40.0 Å². The van der Waals surface area contributed by atoms with Crippen LogP contribution in [-0.4, -0.2) is 45.6 Å². The molecular weight excluding hydrogens is 478 g/mol. The van der Waals surface area contributed by atoms with Gasteiger partial charge in [0.05, 0.1) is 41.0 Å². The highest BCUT2D eigenvalue weighted by Gasteiger charge is 2.17. The molecule has 10 heteroatoms. The fraction of sp³-hybridized carbons (Fsp3) is 0.214. The van der Waals surface area contributed by atoms with Crippen molar-refractivity contribution in [2.24, 2.45) is 0 Å². The van der Waals surface area contributed by atoms with Crippen molar-refractivity contribution in [3.63, 3.8) is 0 Å². The monoisotopic (exact) mass is 505 g/mol. The predicted octanol–water partition coefficient (Wildman–Crippen LogP) is 5.36. The lowest BCUT2D eigenvalue weighted by Crippen LogP contribution is -2.10. The average Bonchev–Trinajstić information content (AvgIpc) is 3.65. The first kappa shape index (κ1) is 23.5. The van der Waals surface area contributed by atoms with E-state index in [9.17, 15) is 4.79 Å². The van der Waals surface area contributed by atoms with E-state index in [1.807, 2.05) is 36.7 Å². The van der Waals surface area contributed by atoms with Crippen LogP contribution in [0.5, 0.6) is 0 Å². The molecule has 0 bridgehead atoms. The van der Waals surface area contributed by atoms with Gasteiger partial charge in [0.1, 0.15) is 11.2 Å². The van der Waals surface area contributed by atoms with Gasteiger partial charge in [-0.3, -0.25) is 14.9 Å². The number of aromatic amines is 2. The number of benzene rings is 1. The van der Waals surface area contributed by atoms with Crippen LogP contribution >= 0.6 is 0 Å². The zero-order chi connectivity index (χ0) is 26.2. The van der Waals surface area contributed by atoms with E-state index >= 15 is 0 Å². The number of nitrogens with one attached hydrogen (secondary N) is 3. The van der Waals surface area contributed by atoms with Crippen LogP contribution in [0.3, 0.4) is 0 Å². The summed E-state index contributed by atoms with van der Waals surface area (Å²) in [4.78, 5) is 33.8. The highest BCUT2D eigenvalue weighted by Crippen LogP contribution is 2.32. The van der Waals surface area contributed by atoms with Crippen LogP contribution in [0.2, 0.25) is 0 Å². The zero-order valence-corrected chi connectivity index (χ0v) is 21.4. The first-order valence-corrected chi connectivity index (χ1v) is 12.7. The number of pyridine rings is 2. The average molecular weight is 506 g/mol. The maximum absolute atomic E-state index is 12.2. The number of hydrogen-bond acceptors (Lipinski definition) is 6. The van der Waals surface area contributed by atoms with Crippen molar-refractivity contribution in [3.8, 4) is 28.3 Å². The lowest BCUT2D eigenvalue weighted by atomic mass is 10.0. The van der Waals surface area contributed by atoms with Crippen LogP contribution in [0, 0.1) is 6.92 Å². The number of hydrogen-bond donors (Lipinski definition) is 3. The van der Waals surface area contributed by atoms with Gasteiger partial charge in [-0.05, 0) is 49.1 Å². The second kappa shape index (κ2) is 9.55. The molecule has 0 fully saturated rings. The predicted molar refractivity (Wildman–Crippen MR) is 147 cm³/mol. The van der Waals surface area contributed by atoms with Gasteiger partial charge < -0.3 is 14.9 Å². The molecule has 6 aromatic rings. The molecule has 38 heavy (non-hydrogen) atoms. The number of aromatic nitrogens is 8. The molecule has 10 nitrogen and oxygen atoms in total. The molecule has 1 amide bonds. The normalized spacial score (nSPS) is 11.4. The number of anilines is 1.